The molecule has 4 aromatic rings. The number of nitrogens with one attached hydrogen (secondary N) is 1. The minimum absolute atomic E-state index is 0.122. The monoisotopic (exact) mass is 413 g/mol. The summed E-state index contributed by atoms with van der Waals surface area (Å²) in [6.45, 7) is 1.49. The number of aliphatic hydroxyl groups is 1. The smallest absolute Gasteiger partial charge is 0.240 e. The number of benzene rings is 2. The van der Waals surface area contributed by atoms with Crippen LogP contribution in [-0.4, -0.2) is 29.8 Å². The molecule has 4 rings (SSSR count). The summed E-state index contributed by atoms with van der Waals surface area (Å²) in [6, 6.07) is 17.9. The maximum Gasteiger partial charge on any atom is 0.240 e. The molecule has 1 atom stereocenters. The standard InChI is InChI=1S/C20H19N3O3S2/c1-20(24,19-13-15-5-2-3-6-18(15)27-19)14-22-28(25,26)17-9-7-16(8-10-17)23-12-4-11-21-23/h2-13,22,24H,14H2,1H3/t20-/m0/s1. The average molecular weight is 414 g/mol. The van der Waals surface area contributed by atoms with Crippen LogP contribution in [0.4, 0.5) is 0 Å². The SMILES string of the molecule is C[C@](O)(CNS(=O)(=O)c1ccc(-n2cccn2)cc1)c1cc2ccccc2s1. The fourth-order valence-corrected chi connectivity index (χ4v) is 5.09. The van der Waals surface area contributed by atoms with Gasteiger partial charge in [0, 0.05) is 28.5 Å². The van der Waals surface area contributed by atoms with Gasteiger partial charge in [-0.05, 0) is 54.8 Å². The number of rotatable bonds is 6. The highest BCUT2D eigenvalue weighted by Gasteiger charge is 2.28. The van der Waals surface area contributed by atoms with Gasteiger partial charge < -0.3 is 5.11 Å². The van der Waals surface area contributed by atoms with Gasteiger partial charge in [0.2, 0.25) is 10.0 Å². The maximum atomic E-state index is 12.6. The molecule has 0 saturated heterocycles. The van der Waals surface area contributed by atoms with E-state index in [0.717, 1.165) is 15.8 Å². The van der Waals surface area contributed by atoms with Crippen molar-refractivity contribution in [2.45, 2.75) is 17.4 Å². The molecule has 0 saturated carbocycles. The van der Waals surface area contributed by atoms with Crippen molar-refractivity contribution in [3.8, 4) is 5.69 Å². The highest BCUT2D eigenvalue weighted by Crippen LogP contribution is 2.33. The van der Waals surface area contributed by atoms with Gasteiger partial charge >= 0.3 is 0 Å². The second-order valence-electron chi connectivity index (χ2n) is 6.69. The van der Waals surface area contributed by atoms with Crippen molar-refractivity contribution in [1.29, 1.82) is 0 Å². The molecule has 0 bridgehead atoms. The van der Waals surface area contributed by atoms with Crippen LogP contribution in [0.1, 0.15) is 11.8 Å². The topological polar surface area (TPSA) is 84.2 Å². The van der Waals surface area contributed by atoms with Crippen LogP contribution < -0.4 is 4.72 Å². The lowest BCUT2D eigenvalue weighted by Gasteiger charge is -2.22. The van der Waals surface area contributed by atoms with Crippen molar-refractivity contribution in [3.05, 3.63) is 77.9 Å². The molecular formula is C20H19N3O3S2. The van der Waals surface area contributed by atoms with Gasteiger partial charge in [-0.25, -0.2) is 17.8 Å². The van der Waals surface area contributed by atoms with Crippen molar-refractivity contribution >= 4 is 31.4 Å². The Morgan fingerprint density at radius 1 is 1.14 bits per heavy atom. The van der Waals surface area contributed by atoms with Crippen molar-refractivity contribution < 1.29 is 13.5 Å². The van der Waals surface area contributed by atoms with E-state index in [0.29, 0.717) is 4.88 Å². The van der Waals surface area contributed by atoms with E-state index in [4.69, 9.17) is 0 Å². The first kappa shape index (κ1) is 18.8. The minimum atomic E-state index is -3.75. The summed E-state index contributed by atoms with van der Waals surface area (Å²) in [4.78, 5) is 0.848. The quantitative estimate of drug-likeness (QED) is 0.508. The number of fused-ring (bicyclic) bond motifs is 1. The Bertz CT molecular complexity index is 1160. The summed E-state index contributed by atoms with van der Waals surface area (Å²) in [5, 5.41) is 16.0. The van der Waals surface area contributed by atoms with E-state index in [1.165, 1.54) is 23.5 Å². The van der Waals surface area contributed by atoms with E-state index < -0.39 is 15.6 Å². The van der Waals surface area contributed by atoms with Crippen LogP contribution in [0.2, 0.25) is 0 Å². The molecule has 28 heavy (non-hydrogen) atoms. The number of hydrogen-bond donors (Lipinski definition) is 2. The summed E-state index contributed by atoms with van der Waals surface area (Å²) in [6.07, 6.45) is 3.44. The highest BCUT2D eigenvalue weighted by atomic mass is 32.2. The molecule has 2 aromatic heterocycles. The Morgan fingerprint density at radius 2 is 1.89 bits per heavy atom. The first-order valence-corrected chi connectivity index (χ1v) is 11.0. The summed E-state index contributed by atoms with van der Waals surface area (Å²) in [7, 11) is -3.75. The number of aromatic nitrogens is 2. The van der Waals surface area contributed by atoms with Gasteiger partial charge in [0.05, 0.1) is 10.6 Å². The zero-order valence-corrected chi connectivity index (χ0v) is 16.7. The maximum absolute atomic E-state index is 12.6. The summed E-state index contributed by atoms with van der Waals surface area (Å²) >= 11 is 1.46. The van der Waals surface area contributed by atoms with Crippen molar-refractivity contribution in [1.82, 2.24) is 14.5 Å². The molecular weight excluding hydrogens is 394 g/mol. The first-order valence-electron chi connectivity index (χ1n) is 8.66. The molecule has 0 spiro atoms. The van der Waals surface area contributed by atoms with E-state index in [1.54, 1.807) is 42.2 Å². The molecule has 6 nitrogen and oxygen atoms in total. The first-order chi connectivity index (χ1) is 13.4. The van der Waals surface area contributed by atoms with Crippen LogP contribution >= 0.6 is 11.3 Å². The van der Waals surface area contributed by atoms with Gasteiger partial charge in [0.1, 0.15) is 5.60 Å². The molecule has 8 heteroatoms. The number of thiophene rings is 1. The van der Waals surface area contributed by atoms with E-state index in [-0.39, 0.29) is 11.4 Å². The van der Waals surface area contributed by atoms with Crippen LogP contribution in [0.3, 0.4) is 0 Å². The second kappa shape index (κ2) is 7.14. The third kappa shape index (κ3) is 3.72. The predicted molar refractivity (Wildman–Crippen MR) is 110 cm³/mol. The zero-order valence-electron chi connectivity index (χ0n) is 15.1. The summed E-state index contributed by atoms with van der Waals surface area (Å²) in [5.74, 6) is 0. The fourth-order valence-electron chi connectivity index (χ4n) is 2.85. The lowest BCUT2D eigenvalue weighted by Crippen LogP contribution is -2.38. The largest absolute Gasteiger partial charge is 0.383 e. The van der Waals surface area contributed by atoms with E-state index in [1.807, 2.05) is 30.3 Å². The lowest BCUT2D eigenvalue weighted by atomic mass is 10.1. The molecule has 144 valence electrons. The van der Waals surface area contributed by atoms with Gasteiger partial charge in [-0.15, -0.1) is 11.3 Å². The third-order valence-corrected chi connectivity index (χ3v) is 7.27. The molecule has 0 amide bonds. The highest BCUT2D eigenvalue weighted by molar-refractivity contribution is 7.89. The summed E-state index contributed by atoms with van der Waals surface area (Å²) in [5.41, 5.74) is -0.549. The van der Waals surface area contributed by atoms with E-state index >= 15 is 0 Å². The Balaban J connectivity index is 1.51. The minimum Gasteiger partial charge on any atom is -0.383 e. The molecule has 2 aromatic carbocycles. The molecule has 0 fully saturated rings. The zero-order chi connectivity index (χ0) is 19.8. The second-order valence-corrected chi connectivity index (χ2v) is 9.54. The Labute approximate surface area is 167 Å². The molecule has 0 aliphatic heterocycles. The van der Waals surface area contributed by atoms with Crippen molar-refractivity contribution in [2.24, 2.45) is 0 Å². The molecule has 2 N–H and O–H groups in total. The number of nitrogens with zero attached hydrogens (tertiary/aromatic N) is 2. The Hall–Kier alpha value is -2.52. The molecule has 0 aliphatic carbocycles. The lowest BCUT2D eigenvalue weighted by molar-refractivity contribution is 0.0666. The van der Waals surface area contributed by atoms with Crippen LogP contribution in [0, 0.1) is 0 Å². The molecule has 0 radical (unpaired) electrons. The van der Waals surface area contributed by atoms with Crippen LogP contribution in [-0.2, 0) is 15.6 Å². The number of hydrogen-bond acceptors (Lipinski definition) is 5. The molecule has 0 aliphatic rings. The van der Waals surface area contributed by atoms with Gasteiger partial charge in [-0.1, -0.05) is 18.2 Å². The van der Waals surface area contributed by atoms with E-state index in [2.05, 4.69) is 9.82 Å². The predicted octanol–water partition coefficient (Wildman–Crippen LogP) is 3.27. The van der Waals surface area contributed by atoms with Crippen molar-refractivity contribution in [2.75, 3.05) is 6.54 Å². The number of sulfonamides is 1. The fraction of sp³-hybridized carbons (Fsp3) is 0.150. The normalized spacial score (nSPS) is 14.2. The van der Waals surface area contributed by atoms with Gasteiger partial charge in [0.15, 0.2) is 0 Å². The Kier molecular flexibility index (Phi) is 4.80. The molecule has 2 heterocycles. The third-order valence-electron chi connectivity index (χ3n) is 4.48. The van der Waals surface area contributed by atoms with Gasteiger partial charge in [-0.3, -0.25) is 0 Å². The summed E-state index contributed by atoms with van der Waals surface area (Å²) < 4.78 is 30.5. The van der Waals surface area contributed by atoms with Crippen LogP contribution in [0.25, 0.3) is 15.8 Å². The van der Waals surface area contributed by atoms with E-state index in [9.17, 15) is 13.5 Å². The van der Waals surface area contributed by atoms with Gasteiger partial charge in [0.25, 0.3) is 0 Å². The van der Waals surface area contributed by atoms with Gasteiger partial charge in [-0.2, -0.15) is 5.10 Å². The van der Waals surface area contributed by atoms with Crippen molar-refractivity contribution in [3.63, 3.8) is 0 Å². The van der Waals surface area contributed by atoms with Crippen LogP contribution in [0.15, 0.2) is 78.0 Å². The van der Waals surface area contributed by atoms with Crippen LogP contribution in [0.5, 0.6) is 0 Å². The Morgan fingerprint density at radius 3 is 2.57 bits per heavy atom. The average Bonchev–Trinajstić information content (AvgIpc) is 3.37. The molecule has 0 unspecified atom stereocenters.